The number of methoxy groups -OCH3 is 1. The van der Waals surface area contributed by atoms with E-state index in [1.807, 2.05) is 30.3 Å². The summed E-state index contributed by atoms with van der Waals surface area (Å²) in [6.07, 6.45) is 1.83. The second-order valence-electron chi connectivity index (χ2n) is 2.44. The van der Waals surface area contributed by atoms with Crippen molar-refractivity contribution in [3.8, 4) is 5.75 Å². The van der Waals surface area contributed by atoms with Gasteiger partial charge >= 0.3 is 0 Å². The van der Waals surface area contributed by atoms with Gasteiger partial charge in [0.25, 0.3) is 0 Å². The quantitative estimate of drug-likeness (QED) is 0.802. The highest BCUT2D eigenvalue weighted by atomic mass is 35.5. The number of ether oxygens (including phenoxy) is 1. The molecule has 0 saturated heterocycles. The smallest absolute Gasteiger partial charge is 0.141 e. The first-order valence-electron chi connectivity index (χ1n) is 4.00. The third-order valence-electron chi connectivity index (χ3n) is 1.61. The van der Waals surface area contributed by atoms with E-state index in [0.29, 0.717) is 6.54 Å². The fourth-order valence-electron chi connectivity index (χ4n) is 1.00. The Labute approximate surface area is 83.2 Å². The van der Waals surface area contributed by atoms with Gasteiger partial charge in [-0.25, -0.2) is 0 Å². The average molecular weight is 198 g/mol. The number of halogens is 1. The van der Waals surface area contributed by atoms with Crippen LogP contribution in [0.1, 0.15) is 0 Å². The largest absolute Gasteiger partial charge is 0.495 e. The second-order valence-corrected chi connectivity index (χ2v) is 2.69. The van der Waals surface area contributed by atoms with E-state index in [-0.39, 0.29) is 0 Å². The van der Waals surface area contributed by atoms with Crippen LogP contribution >= 0.6 is 11.6 Å². The van der Waals surface area contributed by atoms with Gasteiger partial charge in [0.15, 0.2) is 0 Å². The van der Waals surface area contributed by atoms with Crippen LogP contribution < -0.4 is 10.1 Å². The van der Waals surface area contributed by atoms with Crippen LogP contribution in [-0.2, 0) is 0 Å². The number of nitrogens with one attached hydrogen (secondary N) is 1. The molecule has 0 amide bonds. The first-order valence-corrected chi connectivity index (χ1v) is 4.44. The lowest BCUT2D eigenvalue weighted by Gasteiger charge is -2.08. The fraction of sp³-hybridized carbons (Fsp3) is 0.200. The lowest BCUT2D eigenvalue weighted by molar-refractivity contribution is 0.416. The van der Waals surface area contributed by atoms with Crippen molar-refractivity contribution in [2.75, 3.05) is 19.0 Å². The standard InChI is InChI=1S/C10H12ClNO/c1-13-10-6-3-2-5-9(10)12-8-4-7-11/h2-7,12H,8H2,1H3. The van der Waals surface area contributed by atoms with Crippen LogP contribution in [0.2, 0.25) is 0 Å². The van der Waals surface area contributed by atoms with E-state index in [2.05, 4.69) is 5.32 Å². The maximum Gasteiger partial charge on any atom is 0.141 e. The fourth-order valence-corrected chi connectivity index (χ4v) is 1.09. The Kier molecular flexibility index (Phi) is 4.19. The van der Waals surface area contributed by atoms with Crippen LogP contribution in [0.4, 0.5) is 5.69 Å². The van der Waals surface area contributed by atoms with E-state index in [4.69, 9.17) is 16.3 Å². The van der Waals surface area contributed by atoms with Crippen molar-refractivity contribution >= 4 is 17.3 Å². The van der Waals surface area contributed by atoms with E-state index in [0.717, 1.165) is 11.4 Å². The predicted molar refractivity (Wildman–Crippen MR) is 56.5 cm³/mol. The number of rotatable bonds is 4. The van der Waals surface area contributed by atoms with Crippen LogP contribution in [0, 0.1) is 0 Å². The predicted octanol–water partition coefficient (Wildman–Crippen LogP) is 2.86. The minimum absolute atomic E-state index is 0.698. The van der Waals surface area contributed by atoms with Crippen molar-refractivity contribution in [1.29, 1.82) is 0 Å². The average Bonchev–Trinajstić information content (AvgIpc) is 2.19. The highest BCUT2D eigenvalue weighted by Crippen LogP contribution is 2.22. The number of hydrogen-bond acceptors (Lipinski definition) is 2. The summed E-state index contributed by atoms with van der Waals surface area (Å²) in [6, 6.07) is 7.75. The zero-order chi connectivity index (χ0) is 9.52. The van der Waals surface area contributed by atoms with Gasteiger partial charge in [-0.15, -0.1) is 0 Å². The molecule has 0 bridgehead atoms. The number of hydrogen-bond donors (Lipinski definition) is 1. The molecule has 13 heavy (non-hydrogen) atoms. The molecule has 0 fully saturated rings. The van der Waals surface area contributed by atoms with Gasteiger partial charge in [-0.2, -0.15) is 0 Å². The number of benzene rings is 1. The van der Waals surface area contributed by atoms with Gasteiger partial charge in [-0.1, -0.05) is 29.8 Å². The molecule has 0 aliphatic carbocycles. The molecule has 0 aromatic heterocycles. The molecule has 0 spiro atoms. The molecule has 0 aliphatic rings. The molecule has 0 atom stereocenters. The third kappa shape index (κ3) is 2.99. The number of anilines is 1. The minimum Gasteiger partial charge on any atom is -0.495 e. The summed E-state index contributed by atoms with van der Waals surface area (Å²) in [4.78, 5) is 0. The van der Waals surface area contributed by atoms with Gasteiger partial charge in [0.2, 0.25) is 0 Å². The molecular weight excluding hydrogens is 186 g/mol. The molecule has 70 valence electrons. The van der Waals surface area contributed by atoms with Gasteiger partial charge < -0.3 is 10.1 Å². The Bertz CT molecular complexity index is 286. The van der Waals surface area contributed by atoms with Crippen molar-refractivity contribution in [3.05, 3.63) is 35.9 Å². The topological polar surface area (TPSA) is 21.3 Å². The summed E-state index contributed by atoms with van der Waals surface area (Å²) in [7, 11) is 1.65. The summed E-state index contributed by atoms with van der Waals surface area (Å²) < 4.78 is 5.16. The zero-order valence-electron chi connectivity index (χ0n) is 7.46. The SMILES string of the molecule is COc1ccccc1NCC=CCl. The summed E-state index contributed by atoms with van der Waals surface area (Å²) in [5, 5.41) is 3.17. The number of para-hydroxylation sites is 2. The van der Waals surface area contributed by atoms with E-state index in [9.17, 15) is 0 Å². The molecule has 0 heterocycles. The molecule has 1 aromatic rings. The Hall–Kier alpha value is -1.15. The molecule has 0 saturated carbocycles. The summed E-state index contributed by atoms with van der Waals surface area (Å²) in [6.45, 7) is 0.698. The van der Waals surface area contributed by atoms with Gasteiger partial charge in [-0.05, 0) is 12.1 Å². The van der Waals surface area contributed by atoms with Crippen LogP contribution in [-0.4, -0.2) is 13.7 Å². The molecule has 2 nitrogen and oxygen atoms in total. The molecule has 1 rings (SSSR count). The monoisotopic (exact) mass is 197 g/mol. The van der Waals surface area contributed by atoms with Crippen LogP contribution in [0.15, 0.2) is 35.9 Å². The van der Waals surface area contributed by atoms with Crippen LogP contribution in [0.5, 0.6) is 5.75 Å². The summed E-state index contributed by atoms with van der Waals surface area (Å²) in [5.74, 6) is 0.838. The van der Waals surface area contributed by atoms with Crippen LogP contribution in [0.3, 0.4) is 0 Å². The Morgan fingerprint density at radius 2 is 2.23 bits per heavy atom. The maximum absolute atomic E-state index is 5.39. The molecule has 1 N–H and O–H groups in total. The van der Waals surface area contributed by atoms with E-state index < -0.39 is 0 Å². The summed E-state index contributed by atoms with van der Waals surface area (Å²) >= 11 is 5.39. The molecule has 1 aromatic carbocycles. The molecule has 0 aliphatic heterocycles. The Morgan fingerprint density at radius 3 is 2.92 bits per heavy atom. The molecular formula is C10H12ClNO. The van der Waals surface area contributed by atoms with E-state index in [1.54, 1.807) is 7.11 Å². The second kappa shape index (κ2) is 5.49. The third-order valence-corrected chi connectivity index (χ3v) is 1.78. The Morgan fingerprint density at radius 1 is 1.46 bits per heavy atom. The van der Waals surface area contributed by atoms with E-state index >= 15 is 0 Å². The lowest BCUT2D eigenvalue weighted by atomic mass is 10.3. The Balaban J connectivity index is 2.64. The highest BCUT2D eigenvalue weighted by Gasteiger charge is 1.97. The van der Waals surface area contributed by atoms with E-state index in [1.165, 1.54) is 5.54 Å². The lowest BCUT2D eigenvalue weighted by Crippen LogP contribution is -1.99. The normalized spacial score (nSPS) is 10.3. The van der Waals surface area contributed by atoms with Crippen molar-refractivity contribution in [2.24, 2.45) is 0 Å². The van der Waals surface area contributed by atoms with Crippen molar-refractivity contribution in [3.63, 3.8) is 0 Å². The summed E-state index contributed by atoms with van der Waals surface area (Å²) in [5.41, 5.74) is 2.46. The minimum atomic E-state index is 0.698. The molecule has 0 unspecified atom stereocenters. The van der Waals surface area contributed by atoms with Gasteiger partial charge in [0.1, 0.15) is 5.75 Å². The highest BCUT2D eigenvalue weighted by molar-refractivity contribution is 6.25. The maximum atomic E-state index is 5.39. The zero-order valence-corrected chi connectivity index (χ0v) is 8.21. The van der Waals surface area contributed by atoms with Gasteiger partial charge in [0.05, 0.1) is 12.8 Å². The van der Waals surface area contributed by atoms with Crippen LogP contribution in [0.25, 0.3) is 0 Å². The molecule has 3 heteroatoms. The van der Waals surface area contributed by atoms with Crippen molar-refractivity contribution < 1.29 is 4.74 Å². The first kappa shape index (κ1) is 9.93. The first-order chi connectivity index (χ1) is 6.38. The van der Waals surface area contributed by atoms with Gasteiger partial charge in [-0.3, -0.25) is 0 Å². The molecule has 0 radical (unpaired) electrons. The van der Waals surface area contributed by atoms with Gasteiger partial charge in [0, 0.05) is 12.1 Å². The van der Waals surface area contributed by atoms with Crippen molar-refractivity contribution in [1.82, 2.24) is 0 Å². The van der Waals surface area contributed by atoms with Crippen molar-refractivity contribution in [2.45, 2.75) is 0 Å².